The number of carboxylic acids is 1. The molecule has 1 heterocycles. The van der Waals surface area contributed by atoms with Gasteiger partial charge in [-0.25, -0.2) is 9.18 Å². The number of halogens is 1. The number of carbonyl (C=O) groups is 1. The molecule has 0 spiro atoms. The lowest BCUT2D eigenvalue weighted by atomic mass is 10.2. The van der Waals surface area contributed by atoms with E-state index in [9.17, 15) is 9.18 Å². The van der Waals surface area contributed by atoms with Crippen LogP contribution in [0.4, 0.5) is 16.0 Å². The molecule has 0 saturated carbocycles. The van der Waals surface area contributed by atoms with Crippen molar-refractivity contribution in [1.29, 1.82) is 5.26 Å². The number of nitrogens with one attached hydrogen (secondary N) is 1. The number of anilines is 2. The van der Waals surface area contributed by atoms with Crippen molar-refractivity contribution in [2.45, 2.75) is 0 Å². The number of furan rings is 1. The van der Waals surface area contributed by atoms with Crippen LogP contribution >= 0.6 is 0 Å². The van der Waals surface area contributed by atoms with E-state index in [4.69, 9.17) is 14.8 Å². The fourth-order valence-electron chi connectivity index (χ4n) is 1.37. The fraction of sp³-hybridized carbons (Fsp3) is 0. The minimum Gasteiger partial charge on any atom is -0.475 e. The minimum absolute atomic E-state index is 0.100. The van der Waals surface area contributed by atoms with Gasteiger partial charge in [-0.15, -0.1) is 0 Å². The second-order valence-corrected chi connectivity index (χ2v) is 3.40. The standard InChI is InChI=1S/C12H7FN2O3/c13-8-1-2-9(7(5-8)6-14)15-11-4-3-10(18-11)12(16)17/h1-5,15H,(H,16,17). The molecule has 5 nitrogen and oxygen atoms in total. The van der Waals surface area contributed by atoms with Crippen molar-refractivity contribution >= 4 is 17.5 Å². The average molecular weight is 246 g/mol. The molecule has 0 aliphatic carbocycles. The molecule has 2 rings (SSSR count). The second-order valence-electron chi connectivity index (χ2n) is 3.40. The number of nitrogens with zero attached hydrogens (tertiary/aromatic N) is 1. The molecule has 0 atom stereocenters. The first kappa shape index (κ1) is 11.7. The molecule has 1 aromatic carbocycles. The van der Waals surface area contributed by atoms with Gasteiger partial charge >= 0.3 is 5.97 Å². The lowest BCUT2D eigenvalue weighted by molar-refractivity contribution is 0.0663. The Hall–Kier alpha value is -2.81. The third-order valence-corrected chi connectivity index (χ3v) is 2.18. The predicted octanol–water partition coefficient (Wildman–Crippen LogP) is 2.73. The van der Waals surface area contributed by atoms with Crippen LogP contribution in [-0.2, 0) is 0 Å². The summed E-state index contributed by atoms with van der Waals surface area (Å²) < 4.78 is 17.9. The van der Waals surface area contributed by atoms with E-state index < -0.39 is 11.8 Å². The number of hydrogen-bond acceptors (Lipinski definition) is 4. The van der Waals surface area contributed by atoms with Gasteiger partial charge in [0.05, 0.1) is 11.3 Å². The lowest BCUT2D eigenvalue weighted by Crippen LogP contribution is -1.94. The Bertz CT molecular complexity index is 643. The smallest absolute Gasteiger partial charge is 0.371 e. The van der Waals surface area contributed by atoms with Crippen LogP contribution in [0.5, 0.6) is 0 Å². The summed E-state index contributed by atoms with van der Waals surface area (Å²) in [7, 11) is 0. The van der Waals surface area contributed by atoms with Crippen molar-refractivity contribution in [3.63, 3.8) is 0 Å². The number of rotatable bonds is 3. The molecule has 0 saturated heterocycles. The van der Waals surface area contributed by atoms with Gasteiger partial charge in [-0.3, -0.25) is 0 Å². The maximum absolute atomic E-state index is 12.9. The predicted molar refractivity (Wildman–Crippen MR) is 60.1 cm³/mol. The fourth-order valence-corrected chi connectivity index (χ4v) is 1.37. The van der Waals surface area contributed by atoms with Crippen molar-refractivity contribution in [3.05, 3.63) is 47.5 Å². The van der Waals surface area contributed by atoms with E-state index in [1.165, 1.54) is 24.3 Å². The maximum Gasteiger partial charge on any atom is 0.371 e. The highest BCUT2D eigenvalue weighted by molar-refractivity contribution is 5.85. The summed E-state index contributed by atoms with van der Waals surface area (Å²) in [6, 6.07) is 8.14. The quantitative estimate of drug-likeness (QED) is 0.869. The van der Waals surface area contributed by atoms with Crippen molar-refractivity contribution in [2.24, 2.45) is 0 Å². The number of nitriles is 1. The molecule has 0 radical (unpaired) electrons. The third kappa shape index (κ3) is 2.30. The van der Waals surface area contributed by atoms with Crippen molar-refractivity contribution in [3.8, 4) is 6.07 Å². The zero-order chi connectivity index (χ0) is 13.1. The van der Waals surface area contributed by atoms with Crippen molar-refractivity contribution in [1.82, 2.24) is 0 Å². The average Bonchev–Trinajstić information content (AvgIpc) is 2.80. The van der Waals surface area contributed by atoms with Crippen LogP contribution in [0.15, 0.2) is 34.7 Å². The highest BCUT2D eigenvalue weighted by Crippen LogP contribution is 2.23. The summed E-state index contributed by atoms with van der Waals surface area (Å²) in [6.07, 6.45) is 0. The van der Waals surface area contributed by atoms with Gasteiger partial charge in [-0.2, -0.15) is 5.26 Å². The third-order valence-electron chi connectivity index (χ3n) is 2.18. The van der Waals surface area contributed by atoms with Gasteiger partial charge in [0.2, 0.25) is 5.76 Å². The molecular weight excluding hydrogens is 239 g/mol. The maximum atomic E-state index is 12.9. The molecule has 0 unspecified atom stereocenters. The topological polar surface area (TPSA) is 86.3 Å². The van der Waals surface area contributed by atoms with E-state index >= 15 is 0 Å². The van der Waals surface area contributed by atoms with Crippen molar-refractivity contribution < 1.29 is 18.7 Å². The van der Waals surface area contributed by atoms with Crippen LogP contribution in [0.3, 0.4) is 0 Å². The number of hydrogen-bond donors (Lipinski definition) is 2. The van der Waals surface area contributed by atoms with Crippen LogP contribution in [0.25, 0.3) is 0 Å². The van der Waals surface area contributed by atoms with Crippen LogP contribution < -0.4 is 5.32 Å². The van der Waals surface area contributed by atoms with Gasteiger partial charge in [0, 0.05) is 6.07 Å². The normalized spacial score (nSPS) is 9.78. The van der Waals surface area contributed by atoms with E-state index in [1.807, 2.05) is 6.07 Å². The molecule has 2 aromatic rings. The Morgan fingerprint density at radius 3 is 2.78 bits per heavy atom. The summed E-state index contributed by atoms with van der Waals surface area (Å²) in [6.45, 7) is 0. The van der Waals surface area contributed by atoms with Gasteiger partial charge in [0.15, 0.2) is 5.88 Å². The number of benzene rings is 1. The molecule has 0 aliphatic rings. The molecular formula is C12H7FN2O3. The lowest BCUT2D eigenvalue weighted by Gasteiger charge is -2.04. The van der Waals surface area contributed by atoms with E-state index in [-0.39, 0.29) is 17.2 Å². The van der Waals surface area contributed by atoms with E-state index in [1.54, 1.807) is 0 Å². The van der Waals surface area contributed by atoms with Gasteiger partial charge in [-0.1, -0.05) is 0 Å². The van der Waals surface area contributed by atoms with E-state index in [0.717, 1.165) is 6.07 Å². The number of carboxylic acid groups (broad SMARTS) is 1. The Morgan fingerprint density at radius 1 is 1.39 bits per heavy atom. The zero-order valence-corrected chi connectivity index (χ0v) is 8.98. The molecule has 0 fully saturated rings. The highest BCUT2D eigenvalue weighted by Gasteiger charge is 2.10. The van der Waals surface area contributed by atoms with Crippen molar-refractivity contribution in [2.75, 3.05) is 5.32 Å². The first-order chi connectivity index (χ1) is 8.60. The van der Waals surface area contributed by atoms with Crippen LogP contribution in [0, 0.1) is 17.1 Å². The largest absolute Gasteiger partial charge is 0.475 e. The monoisotopic (exact) mass is 246 g/mol. The summed E-state index contributed by atoms with van der Waals surface area (Å²) in [5.74, 6) is -1.78. The molecule has 0 bridgehead atoms. The van der Waals surface area contributed by atoms with Gasteiger partial charge in [0.25, 0.3) is 0 Å². The Balaban J connectivity index is 2.28. The van der Waals surface area contributed by atoms with Crippen LogP contribution in [0.1, 0.15) is 16.1 Å². The molecule has 1 aromatic heterocycles. The Kier molecular flexibility index (Phi) is 2.98. The zero-order valence-electron chi connectivity index (χ0n) is 8.98. The summed E-state index contributed by atoms with van der Waals surface area (Å²) in [4.78, 5) is 10.6. The molecule has 0 amide bonds. The van der Waals surface area contributed by atoms with Crippen LogP contribution in [-0.4, -0.2) is 11.1 Å². The first-order valence-electron chi connectivity index (χ1n) is 4.90. The summed E-state index contributed by atoms with van der Waals surface area (Å²) >= 11 is 0. The SMILES string of the molecule is N#Cc1cc(F)ccc1Nc1ccc(C(=O)O)o1. The highest BCUT2D eigenvalue weighted by atomic mass is 19.1. The molecule has 18 heavy (non-hydrogen) atoms. The van der Waals surface area contributed by atoms with E-state index in [0.29, 0.717) is 5.69 Å². The van der Waals surface area contributed by atoms with Gasteiger partial charge in [-0.05, 0) is 24.3 Å². The molecule has 0 aliphatic heterocycles. The van der Waals surface area contributed by atoms with E-state index in [2.05, 4.69) is 5.32 Å². The first-order valence-corrected chi connectivity index (χ1v) is 4.90. The Morgan fingerprint density at radius 2 is 2.17 bits per heavy atom. The molecule has 6 heteroatoms. The Labute approximate surface area is 101 Å². The summed E-state index contributed by atoms with van der Waals surface area (Å²) in [5.41, 5.74) is 0.438. The minimum atomic E-state index is -1.19. The summed E-state index contributed by atoms with van der Waals surface area (Å²) in [5, 5.41) is 20.2. The van der Waals surface area contributed by atoms with Gasteiger partial charge < -0.3 is 14.8 Å². The van der Waals surface area contributed by atoms with Crippen LogP contribution in [0.2, 0.25) is 0 Å². The molecule has 90 valence electrons. The number of aromatic carboxylic acids is 1. The van der Waals surface area contributed by atoms with Gasteiger partial charge in [0.1, 0.15) is 11.9 Å². The molecule has 2 N–H and O–H groups in total. The second kappa shape index (κ2) is 4.59.